The van der Waals surface area contributed by atoms with Crippen molar-refractivity contribution in [3.05, 3.63) is 5.82 Å². The van der Waals surface area contributed by atoms with E-state index >= 15 is 0 Å². The van der Waals surface area contributed by atoms with Gasteiger partial charge in [-0.1, -0.05) is 0 Å². The van der Waals surface area contributed by atoms with Gasteiger partial charge in [-0.05, 0) is 38.9 Å². The largest absolute Gasteiger partial charge is 0.368 e. The molecule has 1 aromatic rings. The van der Waals surface area contributed by atoms with Gasteiger partial charge < -0.3 is 16.0 Å². The normalized spacial score (nSPS) is 20.1. The monoisotopic (exact) mass is 279 g/mol. The van der Waals surface area contributed by atoms with Crippen molar-refractivity contribution in [1.29, 1.82) is 0 Å². The number of hydrogen-bond acceptors (Lipinski definition) is 7. The predicted molar refractivity (Wildman–Crippen MR) is 80.5 cm³/mol. The first kappa shape index (κ1) is 14.9. The Morgan fingerprint density at radius 2 is 2.15 bits per heavy atom. The van der Waals surface area contributed by atoms with Crippen LogP contribution in [0.2, 0.25) is 0 Å². The fourth-order valence-electron chi connectivity index (χ4n) is 2.65. The van der Waals surface area contributed by atoms with Crippen LogP contribution in [0.1, 0.15) is 18.7 Å². The second-order valence-corrected chi connectivity index (χ2v) is 5.61. The molecular weight excluding hydrogens is 254 g/mol. The van der Waals surface area contributed by atoms with E-state index in [1.165, 1.54) is 12.8 Å². The van der Waals surface area contributed by atoms with Gasteiger partial charge >= 0.3 is 0 Å². The summed E-state index contributed by atoms with van der Waals surface area (Å²) in [6.07, 6.45) is 2.52. The maximum Gasteiger partial charge on any atom is 0.229 e. The van der Waals surface area contributed by atoms with E-state index in [4.69, 9.17) is 5.73 Å². The molecule has 1 unspecified atom stereocenters. The molecule has 1 aliphatic rings. The Hall–Kier alpha value is -1.47. The minimum absolute atomic E-state index is 0.294. The van der Waals surface area contributed by atoms with Gasteiger partial charge in [0.15, 0.2) is 0 Å². The number of aromatic nitrogens is 3. The second-order valence-electron chi connectivity index (χ2n) is 5.61. The molecule has 7 nitrogen and oxygen atoms in total. The van der Waals surface area contributed by atoms with Crippen molar-refractivity contribution in [2.45, 2.75) is 19.4 Å². The third-order valence-corrected chi connectivity index (χ3v) is 3.55. The number of piperidine rings is 1. The highest BCUT2D eigenvalue weighted by molar-refractivity contribution is 5.32. The molecule has 0 aromatic carbocycles. The Labute approximate surface area is 120 Å². The third-order valence-electron chi connectivity index (χ3n) is 3.55. The first-order chi connectivity index (χ1) is 9.58. The molecule has 112 valence electrons. The topological polar surface area (TPSA) is 83.2 Å². The lowest BCUT2D eigenvalue weighted by Gasteiger charge is -2.32. The van der Waals surface area contributed by atoms with Gasteiger partial charge in [-0.15, -0.1) is 0 Å². The molecule has 1 aliphatic heterocycles. The molecule has 0 radical (unpaired) electrons. The third kappa shape index (κ3) is 4.01. The van der Waals surface area contributed by atoms with Gasteiger partial charge in [-0.2, -0.15) is 15.0 Å². The zero-order valence-corrected chi connectivity index (χ0v) is 12.6. The molecule has 1 atom stereocenters. The number of likely N-dealkylation sites (tertiary alicyclic amines) is 1. The Balaban J connectivity index is 2.02. The number of anilines is 2. The summed E-state index contributed by atoms with van der Waals surface area (Å²) in [5.74, 6) is 2.38. The van der Waals surface area contributed by atoms with E-state index in [1.807, 2.05) is 26.0 Å². The molecule has 20 heavy (non-hydrogen) atoms. The predicted octanol–water partition coefficient (Wildman–Crippen LogP) is -0.0488. The van der Waals surface area contributed by atoms with E-state index in [0.717, 1.165) is 32.0 Å². The van der Waals surface area contributed by atoms with Crippen molar-refractivity contribution in [1.82, 2.24) is 25.2 Å². The molecule has 2 heterocycles. The van der Waals surface area contributed by atoms with Crippen LogP contribution >= 0.6 is 0 Å². The molecule has 1 fully saturated rings. The minimum Gasteiger partial charge on any atom is -0.368 e. The number of nitrogens with zero attached hydrogens (tertiary/aromatic N) is 5. The molecule has 1 saturated heterocycles. The number of rotatable bonds is 5. The van der Waals surface area contributed by atoms with E-state index in [9.17, 15) is 0 Å². The van der Waals surface area contributed by atoms with Crippen LogP contribution in [0.15, 0.2) is 0 Å². The molecular formula is C13H25N7. The fraction of sp³-hybridized carbons (Fsp3) is 0.769. The van der Waals surface area contributed by atoms with E-state index in [1.54, 1.807) is 0 Å². The van der Waals surface area contributed by atoms with Crippen LogP contribution in [0.3, 0.4) is 0 Å². The van der Waals surface area contributed by atoms with Crippen molar-refractivity contribution >= 4 is 11.9 Å². The van der Waals surface area contributed by atoms with Crippen LogP contribution in [0.4, 0.5) is 11.9 Å². The summed E-state index contributed by atoms with van der Waals surface area (Å²) in [5, 5.41) is 3.26. The summed E-state index contributed by atoms with van der Waals surface area (Å²) in [6, 6.07) is 0. The lowest BCUT2D eigenvalue weighted by molar-refractivity contribution is 0.163. The van der Waals surface area contributed by atoms with Crippen molar-refractivity contribution in [2.24, 2.45) is 5.92 Å². The van der Waals surface area contributed by atoms with Gasteiger partial charge in [0.05, 0.1) is 6.54 Å². The Morgan fingerprint density at radius 1 is 1.35 bits per heavy atom. The molecule has 7 heteroatoms. The minimum atomic E-state index is 0.294. The maximum atomic E-state index is 5.76. The molecule has 3 N–H and O–H groups in total. The van der Waals surface area contributed by atoms with Gasteiger partial charge in [-0.3, -0.25) is 4.90 Å². The van der Waals surface area contributed by atoms with Crippen molar-refractivity contribution in [2.75, 3.05) is 51.4 Å². The number of hydrogen-bond donors (Lipinski definition) is 2. The van der Waals surface area contributed by atoms with Crippen molar-refractivity contribution in [3.8, 4) is 0 Å². The van der Waals surface area contributed by atoms with Crippen LogP contribution in [0.5, 0.6) is 0 Å². The van der Waals surface area contributed by atoms with E-state index in [-0.39, 0.29) is 0 Å². The van der Waals surface area contributed by atoms with Crippen LogP contribution in [0.25, 0.3) is 0 Å². The summed E-state index contributed by atoms with van der Waals surface area (Å²) in [4.78, 5) is 17.1. The molecule has 0 amide bonds. The Bertz CT molecular complexity index is 433. The summed E-state index contributed by atoms with van der Waals surface area (Å²) in [5.41, 5.74) is 5.76. The van der Waals surface area contributed by atoms with Gasteiger partial charge in [0.2, 0.25) is 11.9 Å². The molecule has 2 rings (SSSR count). The maximum absolute atomic E-state index is 5.76. The van der Waals surface area contributed by atoms with Crippen LogP contribution in [0, 0.1) is 5.92 Å². The number of nitrogens with two attached hydrogens (primary N) is 1. The summed E-state index contributed by atoms with van der Waals surface area (Å²) in [6.45, 7) is 4.00. The molecule has 0 aliphatic carbocycles. The number of nitrogen functional groups attached to an aromatic ring is 1. The average molecular weight is 279 g/mol. The SMILES string of the molecule is CNCC1CCCN(Cc2nc(N)nc(N(C)C)n2)C1. The standard InChI is InChI=1S/C13H25N7/c1-15-7-10-5-4-6-20(8-10)9-11-16-12(14)18-13(17-11)19(2)3/h10,15H,4-9H2,1-3H3,(H2,14,16,17,18). The quantitative estimate of drug-likeness (QED) is 0.782. The highest BCUT2D eigenvalue weighted by Gasteiger charge is 2.20. The lowest BCUT2D eigenvalue weighted by Crippen LogP contribution is -2.39. The first-order valence-electron chi connectivity index (χ1n) is 7.13. The van der Waals surface area contributed by atoms with Crippen molar-refractivity contribution < 1.29 is 0 Å². The summed E-state index contributed by atoms with van der Waals surface area (Å²) < 4.78 is 0. The van der Waals surface area contributed by atoms with Gasteiger partial charge in [-0.25, -0.2) is 0 Å². The van der Waals surface area contributed by atoms with Crippen LogP contribution < -0.4 is 16.0 Å². The summed E-state index contributed by atoms with van der Waals surface area (Å²) >= 11 is 0. The fourth-order valence-corrected chi connectivity index (χ4v) is 2.65. The van der Waals surface area contributed by atoms with Gasteiger partial charge in [0.25, 0.3) is 0 Å². The lowest BCUT2D eigenvalue weighted by atomic mass is 9.98. The molecule has 1 aromatic heterocycles. The van der Waals surface area contributed by atoms with Gasteiger partial charge in [0.1, 0.15) is 5.82 Å². The van der Waals surface area contributed by atoms with E-state index in [0.29, 0.717) is 17.8 Å². The number of nitrogens with one attached hydrogen (secondary N) is 1. The van der Waals surface area contributed by atoms with E-state index in [2.05, 4.69) is 25.2 Å². The molecule has 0 bridgehead atoms. The Kier molecular flexibility index (Phi) is 5.08. The zero-order valence-electron chi connectivity index (χ0n) is 12.6. The van der Waals surface area contributed by atoms with Crippen LogP contribution in [-0.2, 0) is 6.54 Å². The summed E-state index contributed by atoms with van der Waals surface area (Å²) in [7, 11) is 5.82. The highest BCUT2D eigenvalue weighted by atomic mass is 15.3. The average Bonchev–Trinajstić information content (AvgIpc) is 2.38. The Morgan fingerprint density at radius 3 is 2.85 bits per heavy atom. The van der Waals surface area contributed by atoms with Gasteiger partial charge in [0, 0.05) is 20.6 Å². The first-order valence-corrected chi connectivity index (χ1v) is 7.13. The molecule has 0 saturated carbocycles. The highest BCUT2D eigenvalue weighted by Crippen LogP contribution is 2.17. The zero-order chi connectivity index (χ0) is 14.5. The van der Waals surface area contributed by atoms with Crippen LogP contribution in [-0.4, -0.2) is 60.6 Å². The smallest absolute Gasteiger partial charge is 0.229 e. The van der Waals surface area contributed by atoms with Crippen molar-refractivity contribution in [3.63, 3.8) is 0 Å². The van der Waals surface area contributed by atoms with E-state index < -0.39 is 0 Å². The molecule has 0 spiro atoms. The second kappa shape index (κ2) is 6.81.